The fourth-order valence-electron chi connectivity index (χ4n) is 1.89. The molecule has 1 aromatic heterocycles. The van der Waals surface area contributed by atoms with Crippen LogP contribution in [-0.2, 0) is 0 Å². The summed E-state index contributed by atoms with van der Waals surface area (Å²) in [4.78, 5) is 16.2. The molecule has 116 valence electrons. The predicted molar refractivity (Wildman–Crippen MR) is 85.6 cm³/mol. The second-order valence-corrected chi connectivity index (χ2v) is 4.76. The van der Waals surface area contributed by atoms with Gasteiger partial charge in [-0.2, -0.15) is 0 Å². The Morgan fingerprint density at radius 1 is 1.27 bits per heavy atom. The fraction of sp³-hybridized carbons (Fsp3) is 0.294. The molecule has 2 rings (SSSR count). The second-order valence-electron chi connectivity index (χ2n) is 4.76. The molecule has 0 saturated carbocycles. The Morgan fingerprint density at radius 3 is 2.82 bits per heavy atom. The lowest BCUT2D eigenvalue weighted by atomic mass is 10.2. The maximum absolute atomic E-state index is 12.2. The van der Waals surface area contributed by atoms with Gasteiger partial charge in [-0.25, -0.2) is 0 Å². The Balaban J connectivity index is 2.09. The summed E-state index contributed by atoms with van der Waals surface area (Å²) in [6, 6.07) is 8.69. The van der Waals surface area contributed by atoms with Gasteiger partial charge in [-0.3, -0.25) is 9.78 Å². The molecular formula is C17H20N2O3. The number of hydrogen-bond acceptors (Lipinski definition) is 4. The number of aromatic nitrogens is 1. The molecule has 0 spiro atoms. The number of anilines is 1. The van der Waals surface area contributed by atoms with Gasteiger partial charge in [-0.15, -0.1) is 0 Å². The summed E-state index contributed by atoms with van der Waals surface area (Å²) in [5, 5.41) is 2.78. The van der Waals surface area contributed by atoms with Crippen molar-refractivity contribution in [1.82, 2.24) is 4.98 Å². The molecule has 1 amide bonds. The Labute approximate surface area is 130 Å². The van der Waals surface area contributed by atoms with Gasteiger partial charge in [0, 0.05) is 11.8 Å². The topological polar surface area (TPSA) is 60.5 Å². The number of unbranched alkanes of at least 4 members (excludes halogenated alkanes) is 1. The van der Waals surface area contributed by atoms with Crippen LogP contribution in [0.2, 0.25) is 0 Å². The minimum absolute atomic E-state index is 0.216. The summed E-state index contributed by atoms with van der Waals surface area (Å²) in [6.45, 7) is 2.74. The van der Waals surface area contributed by atoms with Gasteiger partial charge >= 0.3 is 0 Å². The number of carbonyl (C=O) groups excluding carboxylic acids is 1. The van der Waals surface area contributed by atoms with E-state index in [1.165, 1.54) is 0 Å². The quantitative estimate of drug-likeness (QED) is 0.795. The van der Waals surface area contributed by atoms with Crippen molar-refractivity contribution < 1.29 is 14.3 Å². The van der Waals surface area contributed by atoms with Gasteiger partial charge in [0.2, 0.25) is 0 Å². The minimum Gasteiger partial charge on any atom is -0.493 e. The lowest BCUT2D eigenvalue weighted by Crippen LogP contribution is -2.12. The van der Waals surface area contributed by atoms with Crippen LogP contribution in [0.4, 0.5) is 5.69 Å². The average molecular weight is 300 g/mol. The molecule has 0 unspecified atom stereocenters. The third-order valence-corrected chi connectivity index (χ3v) is 3.10. The molecule has 2 aromatic rings. The molecule has 0 saturated heterocycles. The van der Waals surface area contributed by atoms with E-state index in [-0.39, 0.29) is 5.91 Å². The smallest absolute Gasteiger partial charge is 0.255 e. The monoisotopic (exact) mass is 300 g/mol. The van der Waals surface area contributed by atoms with Crippen LogP contribution in [0.1, 0.15) is 30.1 Å². The molecule has 0 bridgehead atoms. The highest BCUT2D eigenvalue weighted by molar-refractivity contribution is 6.04. The molecular weight excluding hydrogens is 280 g/mol. The molecule has 0 radical (unpaired) electrons. The first-order valence-electron chi connectivity index (χ1n) is 7.26. The number of rotatable bonds is 7. The highest BCUT2D eigenvalue weighted by Crippen LogP contribution is 2.28. The maximum Gasteiger partial charge on any atom is 0.255 e. The van der Waals surface area contributed by atoms with E-state index in [9.17, 15) is 4.79 Å². The summed E-state index contributed by atoms with van der Waals surface area (Å²) in [5.74, 6) is 0.982. The zero-order valence-electron chi connectivity index (χ0n) is 12.8. The van der Waals surface area contributed by atoms with Crippen molar-refractivity contribution in [2.75, 3.05) is 19.0 Å². The van der Waals surface area contributed by atoms with Crippen LogP contribution < -0.4 is 14.8 Å². The summed E-state index contributed by atoms with van der Waals surface area (Å²) in [7, 11) is 1.56. The number of pyridine rings is 1. The van der Waals surface area contributed by atoms with Crippen LogP contribution in [-0.4, -0.2) is 24.6 Å². The number of benzene rings is 1. The van der Waals surface area contributed by atoms with E-state index >= 15 is 0 Å². The van der Waals surface area contributed by atoms with Crippen molar-refractivity contribution in [3.63, 3.8) is 0 Å². The van der Waals surface area contributed by atoms with Crippen molar-refractivity contribution in [3.05, 3.63) is 48.3 Å². The van der Waals surface area contributed by atoms with Crippen molar-refractivity contribution in [3.8, 4) is 11.5 Å². The minimum atomic E-state index is -0.216. The van der Waals surface area contributed by atoms with Gasteiger partial charge in [-0.1, -0.05) is 13.3 Å². The number of hydrogen-bond donors (Lipinski definition) is 1. The standard InChI is InChI=1S/C17H20N2O3/c1-3-4-10-22-15-8-7-13(11-16(15)21-2)17(20)19-14-6-5-9-18-12-14/h5-9,11-12H,3-4,10H2,1-2H3,(H,19,20). The molecule has 0 aliphatic rings. The molecule has 1 aromatic carbocycles. The summed E-state index contributed by atoms with van der Waals surface area (Å²) < 4.78 is 11.0. The molecule has 5 heteroatoms. The molecule has 0 fully saturated rings. The van der Waals surface area contributed by atoms with E-state index in [1.54, 1.807) is 49.8 Å². The number of methoxy groups -OCH3 is 1. The number of nitrogens with one attached hydrogen (secondary N) is 1. The van der Waals surface area contributed by atoms with Crippen molar-refractivity contribution in [2.45, 2.75) is 19.8 Å². The Kier molecular flexibility index (Phi) is 5.77. The third-order valence-electron chi connectivity index (χ3n) is 3.10. The van der Waals surface area contributed by atoms with Crippen molar-refractivity contribution >= 4 is 11.6 Å². The van der Waals surface area contributed by atoms with E-state index in [0.29, 0.717) is 29.4 Å². The molecule has 1 N–H and O–H groups in total. The van der Waals surface area contributed by atoms with Crippen molar-refractivity contribution in [1.29, 1.82) is 0 Å². The lowest BCUT2D eigenvalue weighted by Gasteiger charge is -2.12. The zero-order valence-corrected chi connectivity index (χ0v) is 12.8. The summed E-state index contributed by atoms with van der Waals surface area (Å²) in [6.07, 6.45) is 5.29. The molecule has 22 heavy (non-hydrogen) atoms. The lowest BCUT2D eigenvalue weighted by molar-refractivity contribution is 0.102. The summed E-state index contributed by atoms with van der Waals surface area (Å²) in [5.41, 5.74) is 1.15. The van der Waals surface area contributed by atoms with Crippen molar-refractivity contribution in [2.24, 2.45) is 0 Å². The number of ether oxygens (including phenoxy) is 2. The van der Waals surface area contributed by atoms with Crippen LogP contribution in [0.15, 0.2) is 42.7 Å². The first-order valence-corrected chi connectivity index (χ1v) is 7.26. The van der Waals surface area contributed by atoms with E-state index in [4.69, 9.17) is 9.47 Å². The van der Waals surface area contributed by atoms with Gasteiger partial charge in [0.15, 0.2) is 11.5 Å². The van der Waals surface area contributed by atoms with E-state index < -0.39 is 0 Å². The predicted octanol–water partition coefficient (Wildman–Crippen LogP) is 3.52. The van der Waals surface area contributed by atoms with Gasteiger partial charge in [0.05, 0.1) is 25.6 Å². The largest absolute Gasteiger partial charge is 0.493 e. The van der Waals surface area contributed by atoms with Crippen LogP contribution in [0.3, 0.4) is 0 Å². The third kappa shape index (κ3) is 4.22. The van der Waals surface area contributed by atoms with Crippen LogP contribution >= 0.6 is 0 Å². The van der Waals surface area contributed by atoms with Gasteiger partial charge < -0.3 is 14.8 Å². The normalized spacial score (nSPS) is 10.1. The average Bonchev–Trinajstić information content (AvgIpc) is 2.56. The maximum atomic E-state index is 12.2. The van der Waals surface area contributed by atoms with Gasteiger partial charge in [0.1, 0.15) is 0 Å². The highest BCUT2D eigenvalue weighted by atomic mass is 16.5. The Bertz CT molecular complexity index is 615. The van der Waals surface area contributed by atoms with E-state index in [0.717, 1.165) is 12.8 Å². The van der Waals surface area contributed by atoms with E-state index in [1.807, 2.05) is 0 Å². The van der Waals surface area contributed by atoms with Gasteiger partial charge in [-0.05, 0) is 36.8 Å². The molecule has 0 atom stereocenters. The summed E-state index contributed by atoms with van der Waals surface area (Å²) >= 11 is 0. The molecule has 5 nitrogen and oxygen atoms in total. The van der Waals surface area contributed by atoms with Crippen LogP contribution in [0.5, 0.6) is 11.5 Å². The fourth-order valence-corrected chi connectivity index (χ4v) is 1.89. The molecule has 1 heterocycles. The second kappa shape index (κ2) is 8.02. The number of carbonyl (C=O) groups is 1. The Hall–Kier alpha value is -2.56. The van der Waals surface area contributed by atoms with Gasteiger partial charge in [0.25, 0.3) is 5.91 Å². The molecule has 0 aliphatic carbocycles. The highest BCUT2D eigenvalue weighted by Gasteiger charge is 2.11. The van der Waals surface area contributed by atoms with Crippen LogP contribution in [0, 0.1) is 0 Å². The van der Waals surface area contributed by atoms with E-state index in [2.05, 4.69) is 17.2 Å². The Morgan fingerprint density at radius 2 is 2.14 bits per heavy atom. The molecule has 0 aliphatic heterocycles. The number of amides is 1. The first-order chi connectivity index (χ1) is 10.7. The first kappa shape index (κ1) is 15.8. The number of nitrogens with zero attached hydrogens (tertiary/aromatic N) is 1. The van der Waals surface area contributed by atoms with Crippen LogP contribution in [0.25, 0.3) is 0 Å². The zero-order chi connectivity index (χ0) is 15.8. The SMILES string of the molecule is CCCCOc1ccc(C(=O)Nc2cccnc2)cc1OC.